The number of nitrogens with zero attached hydrogens (tertiary/aromatic N) is 1. The number of rotatable bonds is 2. The Kier molecular flexibility index (Phi) is 3.81. The van der Waals surface area contributed by atoms with Gasteiger partial charge in [0.05, 0.1) is 12.7 Å². The SMILES string of the molecule is CC1CN(CC2CCC(C)(C)C2N)C(C)CO1. The fourth-order valence-corrected chi connectivity index (χ4v) is 3.27. The van der Waals surface area contributed by atoms with Crippen LogP contribution in [0.1, 0.15) is 40.5 Å². The molecule has 0 aromatic carbocycles. The molecular formula is C14H28N2O. The van der Waals surface area contributed by atoms with Crippen molar-refractivity contribution in [3.05, 3.63) is 0 Å². The molecule has 0 radical (unpaired) electrons. The Morgan fingerprint density at radius 3 is 2.65 bits per heavy atom. The highest BCUT2D eigenvalue weighted by molar-refractivity contribution is 4.95. The second-order valence-corrected chi connectivity index (χ2v) is 6.76. The molecule has 1 saturated carbocycles. The van der Waals surface area contributed by atoms with Crippen molar-refractivity contribution in [1.29, 1.82) is 0 Å². The first kappa shape index (κ1) is 13.3. The molecule has 0 aromatic heterocycles. The molecule has 0 amide bonds. The van der Waals surface area contributed by atoms with Gasteiger partial charge in [0.25, 0.3) is 0 Å². The van der Waals surface area contributed by atoms with E-state index in [9.17, 15) is 0 Å². The monoisotopic (exact) mass is 240 g/mol. The van der Waals surface area contributed by atoms with Gasteiger partial charge in [0.15, 0.2) is 0 Å². The molecule has 100 valence electrons. The van der Waals surface area contributed by atoms with Crippen LogP contribution in [0, 0.1) is 11.3 Å². The predicted molar refractivity (Wildman–Crippen MR) is 70.9 cm³/mol. The van der Waals surface area contributed by atoms with Gasteiger partial charge < -0.3 is 10.5 Å². The minimum Gasteiger partial charge on any atom is -0.376 e. The molecular weight excluding hydrogens is 212 g/mol. The van der Waals surface area contributed by atoms with Gasteiger partial charge in [-0.3, -0.25) is 4.90 Å². The molecule has 0 spiro atoms. The summed E-state index contributed by atoms with van der Waals surface area (Å²) in [6, 6.07) is 0.898. The standard InChI is InChI=1S/C14H28N2O/c1-10-9-17-11(2)7-16(10)8-12-5-6-14(3,4)13(12)15/h10-13H,5-9,15H2,1-4H3. The quantitative estimate of drug-likeness (QED) is 0.800. The van der Waals surface area contributed by atoms with E-state index in [1.54, 1.807) is 0 Å². The van der Waals surface area contributed by atoms with Crippen LogP contribution in [0.2, 0.25) is 0 Å². The summed E-state index contributed by atoms with van der Waals surface area (Å²) in [5.41, 5.74) is 6.72. The highest BCUT2D eigenvalue weighted by Gasteiger charge is 2.40. The molecule has 3 heteroatoms. The minimum absolute atomic E-state index is 0.325. The third-order valence-corrected chi connectivity index (χ3v) is 4.78. The van der Waals surface area contributed by atoms with Gasteiger partial charge in [-0.15, -0.1) is 0 Å². The van der Waals surface area contributed by atoms with Gasteiger partial charge in [-0.2, -0.15) is 0 Å². The van der Waals surface area contributed by atoms with Crippen LogP contribution in [0.25, 0.3) is 0 Å². The van der Waals surface area contributed by atoms with Crippen LogP contribution in [0.15, 0.2) is 0 Å². The van der Waals surface area contributed by atoms with Crippen molar-refractivity contribution in [2.75, 3.05) is 19.7 Å². The topological polar surface area (TPSA) is 38.5 Å². The lowest BCUT2D eigenvalue weighted by Gasteiger charge is -2.39. The normalized spacial score (nSPS) is 42.9. The average Bonchev–Trinajstić information content (AvgIpc) is 2.51. The number of morpholine rings is 1. The molecule has 2 fully saturated rings. The van der Waals surface area contributed by atoms with Crippen molar-refractivity contribution >= 4 is 0 Å². The smallest absolute Gasteiger partial charge is 0.0674 e. The zero-order valence-electron chi connectivity index (χ0n) is 11.8. The highest BCUT2D eigenvalue weighted by atomic mass is 16.5. The van der Waals surface area contributed by atoms with Crippen molar-refractivity contribution in [2.45, 2.75) is 58.7 Å². The van der Waals surface area contributed by atoms with E-state index in [0.29, 0.717) is 29.5 Å². The largest absolute Gasteiger partial charge is 0.376 e. The molecule has 3 nitrogen and oxygen atoms in total. The summed E-state index contributed by atoms with van der Waals surface area (Å²) in [4.78, 5) is 2.57. The van der Waals surface area contributed by atoms with Gasteiger partial charge in [0.1, 0.15) is 0 Å². The first-order valence-corrected chi connectivity index (χ1v) is 7.01. The average molecular weight is 240 g/mol. The van der Waals surface area contributed by atoms with Gasteiger partial charge in [-0.25, -0.2) is 0 Å². The number of ether oxygens (including phenoxy) is 1. The van der Waals surface area contributed by atoms with Gasteiger partial charge in [-0.05, 0) is 38.0 Å². The van der Waals surface area contributed by atoms with Crippen molar-refractivity contribution in [2.24, 2.45) is 17.1 Å². The van der Waals surface area contributed by atoms with Crippen molar-refractivity contribution in [3.8, 4) is 0 Å². The molecule has 2 rings (SSSR count). The molecule has 1 heterocycles. The van der Waals surface area contributed by atoms with Crippen molar-refractivity contribution in [1.82, 2.24) is 4.90 Å². The molecule has 1 aliphatic heterocycles. The Balaban J connectivity index is 1.92. The lowest BCUT2D eigenvalue weighted by molar-refractivity contribution is -0.0550. The Morgan fingerprint density at radius 2 is 2.06 bits per heavy atom. The van der Waals surface area contributed by atoms with E-state index < -0.39 is 0 Å². The van der Waals surface area contributed by atoms with E-state index in [1.807, 2.05) is 0 Å². The maximum atomic E-state index is 6.40. The summed E-state index contributed by atoms with van der Waals surface area (Å²) in [6.07, 6.45) is 2.93. The van der Waals surface area contributed by atoms with E-state index in [4.69, 9.17) is 10.5 Å². The Hall–Kier alpha value is -0.120. The molecule has 1 saturated heterocycles. The Morgan fingerprint density at radius 1 is 1.35 bits per heavy atom. The molecule has 0 bridgehead atoms. The maximum absolute atomic E-state index is 6.40. The van der Waals surface area contributed by atoms with Gasteiger partial charge in [-0.1, -0.05) is 13.8 Å². The van der Waals surface area contributed by atoms with Crippen molar-refractivity contribution in [3.63, 3.8) is 0 Å². The fourth-order valence-electron chi connectivity index (χ4n) is 3.27. The van der Waals surface area contributed by atoms with Crippen LogP contribution < -0.4 is 5.73 Å². The van der Waals surface area contributed by atoms with Gasteiger partial charge >= 0.3 is 0 Å². The third-order valence-electron chi connectivity index (χ3n) is 4.78. The van der Waals surface area contributed by atoms with Gasteiger partial charge in [0, 0.05) is 25.2 Å². The van der Waals surface area contributed by atoms with E-state index in [-0.39, 0.29) is 0 Å². The number of nitrogens with two attached hydrogens (primary N) is 1. The van der Waals surface area contributed by atoms with E-state index >= 15 is 0 Å². The highest BCUT2D eigenvalue weighted by Crippen LogP contribution is 2.40. The fraction of sp³-hybridized carbons (Fsp3) is 1.00. The zero-order valence-corrected chi connectivity index (χ0v) is 11.8. The summed E-state index contributed by atoms with van der Waals surface area (Å²) < 4.78 is 5.68. The van der Waals surface area contributed by atoms with Crippen LogP contribution in [0.4, 0.5) is 0 Å². The van der Waals surface area contributed by atoms with Crippen LogP contribution in [-0.2, 0) is 4.74 Å². The Bertz CT molecular complexity index is 267. The van der Waals surface area contributed by atoms with Gasteiger partial charge in [0.2, 0.25) is 0 Å². The molecule has 4 atom stereocenters. The summed E-state index contributed by atoms with van der Waals surface area (Å²) >= 11 is 0. The Labute approximate surface area is 106 Å². The zero-order chi connectivity index (χ0) is 12.6. The first-order chi connectivity index (χ1) is 7.90. The van der Waals surface area contributed by atoms with E-state index in [2.05, 4.69) is 32.6 Å². The first-order valence-electron chi connectivity index (χ1n) is 7.01. The van der Waals surface area contributed by atoms with Crippen LogP contribution in [0.5, 0.6) is 0 Å². The lowest BCUT2D eigenvalue weighted by atomic mass is 9.85. The molecule has 2 N–H and O–H groups in total. The second kappa shape index (κ2) is 4.87. The summed E-state index contributed by atoms with van der Waals surface area (Å²) in [6.45, 7) is 12.1. The van der Waals surface area contributed by atoms with Crippen LogP contribution in [0.3, 0.4) is 0 Å². The molecule has 1 aliphatic carbocycles. The summed E-state index contributed by atoms with van der Waals surface area (Å²) in [7, 11) is 0. The molecule has 2 aliphatic rings. The summed E-state index contributed by atoms with van der Waals surface area (Å²) in [5, 5.41) is 0. The molecule has 0 aromatic rings. The number of hydrogen-bond donors (Lipinski definition) is 1. The predicted octanol–water partition coefficient (Wildman–Crippen LogP) is 1.86. The molecule has 17 heavy (non-hydrogen) atoms. The van der Waals surface area contributed by atoms with Crippen LogP contribution in [-0.4, -0.2) is 42.8 Å². The third kappa shape index (κ3) is 2.83. The number of hydrogen-bond acceptors (Lipinski definition) is 3. The molecule has 4 unspecified atom stereocenters. The van der Waals surface area contributed by atoms with Crippen LogP contribution >= 0.6 is 0 Å². The van der Waals surface area contributed by atoms with Crippen molar-refractivity contribution < 1.29 is 4.74 Å². The minimum atomic E-state index is 0.325. The van der Waals surface area contributed by atoms with E-state index in [1.165, 1.54) is 12.8 Å². The maximum Gasteiger partial charge on any atom is 0.0674 e. The van der Waals surface area contributed by atoms with E-state index in [0.717, 1.165) is 19.7 Å². The second-order valence-electron chi connectivity index (χ2n) is 6.76. The summed E-state index contributed by atoms with van der Waals surface area (Å²) in [5.74, 6) is 0.665. The lowest BCUT2D eigenvalue weighted by Crippen LogP contribution is -2.51.